The van der Waals surface area contributed by atoms with Crippen LogP contribution in [0.25, 0.3) is 0 Å². The Labute approximate surface area is 147 Å². The number of halogens is 1. The van der Waals surface area contributed by atoms with Gasteiger partial charge in [-0.1, -0.05) is 18.2 Å². The van der Waals surface area contributed by atoms with Crippen LogP contribution in [0.4, 0.5) is 15.8 Å². The van der Waals surface area contributed by atoms with Crippen LogP contribution in [0.15, 0.2) is 53.4 Å². The maximum Gasteiger partial charge on any atom is 0.267 e. The van der Waals surface area contributed by atoms with E-state index < -0.39 is 36.8 Å². The number of benzene rings is 2. The van der Waals surface area contributed by atoms with Crippen LogP contribution < -0.4 is 9.03 Å². The van der Waals surface area contributed by atoms with E-state index in [1.165, 1.54) is 6.07 Å². The Morgan fingerprint density at radius 3 is 2.08 bits per heavy atom. The number of nitrogens with zero attached hydrogens (tertiary/aromatic N) is 1. The van der Waals surface area contributed by atoms with Crippen molar-refractivity contribution in [2.75, 3.05) is 15.3 Å². The molecular weight excluding hydrogens is 367 g/mol. The highest BCUT2D eigenvalue weighted by Gasteiger charge is 2.30. The lowest BCUT2D eigenvalue weighted by molar-refractivity contribution is 0.560. The SMILES string of the molecule is CC(C)N(c1ccccc1)S(=O)(=O)c1ccc(NS(C)(=O)=O)cc1F. The van der Waals surface area contributed by atoms with E-state index in [9.17, 15) is 21.2 Å². The zero-order valence-electron chi connectivity index (χ0n) is 14.0. The summed E-state index contributed by atoms with van der Waals surface area (Å²) in [6.45, 7) is 3.37. The summed E-state index contributed by atoms with van der Waals surface area (Å²) >= 11 is 0. The Kier molecular flexibility index (Phi) is 5.38. The molecule has 2 rings (SSSR count). The lowest BCUT2D eigenvalue weighted by atomic mass is 10.3. The van der Waals surface area contributed by atoms with Crippen LogP contribution in [-0.4, -0.2) is 29.1 Å². The maximum atomic E-state index is 14.4. The van der Waals surface area contributed by atoms with Crippen LogP contribution in [0, 0.1) is 5.82 Å². The number of para-hydroxylation sites is 1. The molecule has 9 heteroatoms. The summed E-state index contributed by atoms with van der Waals surface area (Å²) in [6.07, 6.45) is 0.922. The molecule has 0 radical (unpaired) electrons. The second kappa shape index (κ2) is 7.01. The fourth-order valence-electron chi connectivity index (χ4n) is 2.38. The third-order valence-electron chi connectivity index (χ3n) is 3.25. The highest BCUT2D eigenvalue weighted by atomic mass is 32.2. The number of sulfonamides is 2. The molecule has 2 aromatic rings. The van der Waals surface area contributed by atoms with Crippen LogP contribution >= 0.6 is 0 Å². The molecule has 0 aliphatic heterocycles. The minimum absolute atomic E-state index is 0.0465. The minimum atomic E-state index is -4.16. The molecule has 0 aromatic heterocycles. The van der Waals surface area contributed by atoms with Crippen LogP contribution in [0.2, 0.25) is 0 Å². The summed E-state index contributed by atoms with van der Waals surface area (Å²) in [7, 11) is -7.75. The zero-order chi connectivity index (χ0) is 18.8. The van der Waals surface area contributed by atoms with Crippen LogP contribution in [0.3, 0.4) is 0 Å². The van der Waals surface area contributed by atoms with Gasteiger partial charge in [-0.2, -0.15) is 0 Å². The first-order valence-corrected chi connectivity index (χ1v) is 10.7. The van der Waals surface area contributed by atoms with Gasteiger partial charge in [-0.05, 0) is 44.2 Å². The van der Waals surface area contributed by atoms with Crippen molar-refractivity contribution < 1.29 is 21.2 Å². The van der Waals surface area contributed by atoms with Gasteiger partial charge in [-0.15, -0.1) is 0 Å². The second-order valence-corrected chi connectivity index (χ2v) is 9.28. The van der Waals surface area contributed by atoms with E-state index in [0.29, 0.717) is 5.69 Å². The molecule has 0 amide bonds. The normalized spacial score (nSPS) is 12.2. The van der Waals surface area contributed by atoms with E-state index in [4.69, 9.17) is 0 Å². The quantitative estimate of drug-likeness (QED) is 0.827. The molecule has 0 aliphatic rings. The molecule has 136 valence electrons. The molecular formula is C16H19FN2O4S2. The third-order valence-corrected chi connectivity index (χ3v) is 5.90. The van der Waals surface area contributed by atoms with Crippen molar-refractivity contribution in [3.05, 3.63) is 54.3 Å². The Balaban J connectivity index is 2.51. The minimum Gasteiger partial charge on any atom is -0.284 e. The van der Waals surface area contributed by atoms with Crippen molar-refractivity contribution in [3.63, 3.8) is 0 Å². The summed E-state index contributed by atoms with van der Waals surface area (Å²) < 4.78 is 66.0. The monoisotopic (exact) mass is 386 g/mol. The molecule has 0 saturated carbocycles. The van der Waals surface area contributed by atoms with Crippen molar-refractivity contribution in [2.45, 2.75) is 24.8 Å². The smallest absolute Gasteiger partial charge is 0.267 e. The third kappa shape index (κ3) is 4.49. The van der Waals surface area contributed by atoms with Crippen LogP contribution in [0.5, 0.6) is 0 Å². The van der Waals surface area contributed by atoms with E-state index in [-0.39, 0.29) is 5.69 Å². The number of rotatable bonds is 6. The predicted molar refractivity (Wildman–Crippen MR) is 96.1 cm³/mol. The van der Waals surface area contributed by atoms with Gasteiger partial charge >= 0.3 is 0 Å². The Hall–Kier alpha value is -2.13. The van der Waals surface area contributed by atoms with Crippen molar-refractivity contribution in [1.82, 2.24) is 0 Å². The van der Waals surface area contributed by atoms with Gasteiger partial charge in [-0.25, -0.2) is 21.2 Å². The van der Waals surface area contributed by atoms with Gasteiger partial charge in [0.15, 0.2) is 0 Å². The summed E-state index contributed by atoms with van der Waals surface area (Å²) in [6, 6.07) is 11.0. The molecule has 0 atom stereocenters. The molecule has 0 saturated heterocycles. The fourth-order valence-corrected chi connectivity index (χ4v) is 4.65. The number of hydrogen-bond acceptors (Lipinski definition) is 4. The van der Waals surface area contributed by atoms with Gasteiger partial charge in [0.1, 0.15) is 10.7 Å². The Morgan fingerprint density at radius 2 is 1.60 bits per heavy atom. The first-order valence-electron chi connectivity index (χ1n) is 7.39. The predicted octanol–water partition coefficient (Wildman–Crippen LogP) is 2.80. The van der Waals surface area contributed by atoms with E-state index in [1.54, 1.807) is 44.2 Å². The molecule has 6 nitrogen and oxygen atoms in total. The van der Waals surface area contributed by atoms with Gasteiger partial charge in [-0.3, -0.25) is 9.03 Å². The standard InChI is InChI=1S/C16H19FN2O4S2/c1-12(2)19(14-7-5-4-6-8-14)25(22,23)16-10-9-13(11-15(16)17)18-24(3,20)21/h4-12,18H,1-3H3. The first-order chi connectivity index (χ1) is 11.5. The number of anilines is 2. The lowest BCUT2D eigenvalue weighted by Gasteiger charge is -2.28. The molecule has 0 unspecified atom stereocenters. The van der Waals surface area contributed by atoms with Crippen molar-refractivity contribution in [2.24, 2.45) is 0 Å². The topological polar surface area (TPSA) is 83.6 Å². The fraction of sp³-hybridized carbons (Fsp3) is 0.250. The van der Waals surface area contributed by atoms with Crippen molar-refractivity contribution >= 4 is 31.4 Å². The highest BCUT2D eigenvalue weighted by molar-refractivity contribution is 7.93. The Morgan fingerprint density at radius 1 is 1.00 bits per heavy atom. The summed E-state index contributed by atoms with van der Waals surface area (Å²) in [5, 5.41) is 0. The molecule has 0 fully saturated rings. The Bertz CT molecular complexity index is 959. The van der Waals surface area contributed by atoms with Gasteiger partial charge in [0.05, 0.1) is 17.6 Å². The number of hydrogen-bond donors (Lipinski definition) is 1. The summed E-state index contributed by atoms with van der Waals surface area (Å²) in [5.41, 5.74) is 0.366. The zero-order valence-corrected chi connectivity index (χ0v) is 15.6. The van der Waals surface area contributed by atoms with Crippen LogP contribution in [-0.2, 0) is 20.0 Å². The van der Waals surface area contributed by atoms with E-state index in [2.05, 4.69) is 4.72 Å². The molecule has 0 heterocycles. The lowest BCUT2D eigenvalue weighted by Crippen LogP contribution is -2.37. The molecule has 25 heavy (non-hydrogen) atoms. The van der Waals surface area contributed by atoms with Gasteiger partial charge in [0.2, 0.25) is 10.0 Å². The second-order valence-electron chi connectivity index (χ2n) is 5.75. The highest BCUT2D eigenvalue weighted by Crippen LogP contribution is 2.28. The first kappa shape index (κ1) is 19.2. The van der Waals surface area contributed by atoms with E-state index in [1.807, 2.05) is 0 Å². The molecule has 0 bridgehead atoms. The average molecular weight is 386 g/mol. The molecule has 1 N–H and O–H groups in total. The van der Waals surface area contributed by atoms with Crippen molar-refractivity contribution in [1.29, 1.82) is 0 Å². The molecule has 0 spiro atoms. The van der Waals surface area contributed by atoms with Gasteiger partial charge in [0, 0.05) is 6.04 Å². The van der Waals surface area contributed by atoms with Crippen LogP contribution in [0.1, 0.15) is 13.8 Å². The molecule has 2 aromatic carbocycles. The largest absolute Gasteiger partial charge is 0.284 e. The summed E-state index contributed by atoms with van der Waals surface area (Å²) in [5.74, 6) is -1.03. The van der Waals surface area contributed by atoms with E-state index in [0.717, 1.165) is 22.7 Å². The number of nitrogens with one attached hydrogen (secondary N) is 1. The summed E-state index contributed by atoms with van der Waals surface area (Å²) in [4.78, 5) is -0.524. The van der Waals surface area contributed by atoms with Gasteiger partial charge in [0.25, 0.3) is 10.0 Å². The maximum absolute atomic E-state index is 14.4. The van der Waals surface area contributed by atoms with Gasteiger partial charge < -0.3 is 0 Å². The molecule has 0 aliphatic carbocycles. The van der Waals surface area contributed by atoms with Crippen molar-refractivity contribution in [3.8, 4) is 0 Å². The average Bonchev–Trinajstić information content (AvgIpc) is 2.45. The van der Waals surface area contributed by atoms with E-state index >= 15 is 0 Å².